The van der Waals surface area contributed by atoms with Gasteiger partial charge in [0.05, 0.1) is 17.9 Å². The normalized spacial score (nSPS) is 23.1. The summed E-state index contributed by atoms with van der Waals surface area (Å²) >= 11 is 0. The van der Waals surface area contributed by atoms with Crippen LogP contribution < -0.4 is 5.32 Å². The summed E-state index contributed by atoms with van der Waals surface area (Å²) < 4.78 is 0. The van der Waals surface area contributed by atoms with Gasteiger partial charge in [-0.3, -0.25) is 19.3 Å². The van der Waals surface area contributed by atoms with Crippen molar-refractivity contribution in [2.24, 2.45) is 11.8 Å². The van der Waals surface area contributed by atoms with Gasteiger partial charge in [-0.25, -0.2) is 0 Å². The average molecular weight is 405 g/mol. The molecular formula is C25H28N2O3. The second kappa shape index (κ2) is 8.42. The number of benzene rings is 2. The van der Waals surface area contributed by atoms with E-state index < -0.39 is 6.04 Å². The predicted molar refractivity (Wildman–Crippen MR) is 115 cm³/mol. The van der Waals surface area contributed by atoms with E-state index in [1.165, 1.54) is 4.90 Å². The van der Waals surface area contributed by atoms with Crippen molar-refractivity contribution >= 4 is 17.7 Å². The van der Waals surface area contributed by atoms with E-state index in [0.29, 0.717) is 0 Å². The second-order valence-corrected chi connectivity index (χ2v) is 8.44. The minimum atomic E-state index is -0.790. The highest BCUT2D eigenvalue weighted by Gasteiger charge is 2.50. The fourth-order valence-corrected chi connectivity index (χ4v) is 4.70. The predicted octanol–water partition coefficient (Wildman–Crippen LogP) is 4.09. The number of carbonyl (C=O) groups excluding carboxylic acids is 3. The quantitative estimate of drug-likeness (QED) is 0.763. The molecule has 156 valence electrons. The number of carbonyl (C=O) groups is 3. The van der Waals surface area contributed by atoms with Crippen LogP contribution in [0.3, 0.4) is 0 Å². The zero-order valence-corrected chi connectivity index (χ0v) is 17.5. The van der Waals surface area contributed by atoms with Crippen LogP contribution in [0, 0.1) is 11.8 Å². The molecule has 0 spiro atoms. The molecule has 1 aliphatic heterocycles. The molecule has 1 aliphatic carbocycles. The van der Waals surface area contributed by atoms with Crippen molar-refractivity contribution in [3.63, 3.8) is 0 Å². The van der Waals surface area contributed by atoms with Gasteiger partial charge in [0.2, 0.25) is 17.7 Å². The van der Waals surface area contributed by atoms with Gasteiger partial charge in [-0.15, -0.1) is 0 Å². The maximum Gasteiger partial charge on any atom is 0.243 e. The summed E-state index contributed by atoms with van der Waals surface area (Å²) in [5.74, 6) is -1.11. The zero-order valence-electron chi connectivity index (χ0n) is 17.5. The second-order valence-electron chi connectivity index (χ2n) is 8.44. The Morgan fingerprint density at radius 1 is 0.867 bits per heavy atom. The Balaban J connectivity index is 1.42. The molecule has 1 saturated carbocycles. The highest BCUT2D eigenvalue weighted by molar-refractivity contribution is 6.08. The monoisotopic (exact) mass is 404 g/mol. The molecule has 1 heterocycles. The standard InChI is InChI=1S/C25H28N2O3/c1-16(18-12-14-20(15-13-18)19-8-4-3-5-9-19)26-23(28)17(2)27-24(29)21-10-6-7-11-22(21)25(27)30/h3-5,8-9,12-17,21-22H,6-7,10-11H2,1-2H3,(H,26,28). The van der Waals surface area contributed by atoms with Crippen LogP contribution in [0.5, 0.6) is 0 Å². The third-order valence-electron chi connectivity index (χ3n) is 6.52. The Bertz CT molecular complexity index is 915. The zero-order chi connectivity index (χ0) is 21.3. The van der Waals surface area contributed by atoms with E-state index in [0.717, 1.165) is 42.4 Å². The molecule has 2 aromatic rings. The first-order chi connectivity index (χ1) is 14.5. The van der Waals surface area contributed by atoms with Crippen LogP contribution in [0.25, 0.3) is 11.1 Å². The summed E-state index contributed by atoms with van der Waals surface area (Å²) in [6, 6.07) is 17.2. The summed E-state index contributed by atoms with van der Waals surface area (Å²) in [5.41, 5.74) is 3.23. The van der Waals surface area contributed by atoms with Gasteiger partial charge in [0, 0.05) is 0 Å². The Hall–Kier alpha value is -2.95. The number of rotatable bonds is 5. The van der Waals surface area contributed by atoms with Crippen molar-refractivity contribution in [2.45, 2.75) is 51.6 Å². The number of hydrogen-bond acceptors (Lipinski definition) is 3. The van der Waals surface area contributed by atoms with Gasteiger partial charge >= 0.3 is 0 Å². The van der Waals surface area contributed by atoms with Gasteiger partial charge in [0.25, 0.3) is 0 Å². The highest BCUT2D eigenvalue weighted by atomic mass is 16.2. The highest BCUT2D eigenvalue weighted by Crippen LogP contribution is 2.38. The third-order valence-corrected chi connectivity index (χ3v) is 6.52. The van der Waals surface area contributed by atoms with E-state index in [1.807, 2.05) is 49.4 Å². The molecule has 4 atom stereocenters. The number of fused-ring (bicyclic) bond motifs is 1. The number of nitrogens with zero attached hydrogens (tertiary/aromatic N) is 1. The summed E-state index contributed by atoms with van der Waals surface area (Å²) in [7, 11) is 0. The SMILES string of the molecule is CC(NC(=O)C(C)N1C(=O)C2CCCCC2C1=O)c1ccc(-c2ccccc2)cc1. The molecule has 1 N–H and O–H groups in total. The smallest absolute Gasteiger partial charge is 0.243 e. The molecule has 0 aromatic heterocycles. The van der Waals surface area contributed by atoms with Gasteiger partial charge in [-0.2, -0.15) is 0 Å². The van der Waals surface area contributed by atoms with Crippen LogP contribution in [-0.4, -0.2) is 28.7 Å². The fraction of sp³-hybridized carbons (Fsp3) is 0.400. The molecule has 2 aromatic carbocycles. The van der Waals surface area contributed by atoms with Crippen LogP contribution in [0.1, 0.15) is 51.1 Å². The first kappa shape index (κ1) is 20.3. The lowest BCUT2D eigenvalue weighted by Crippen LogP contribution is -2.48. The fourth-order valence-electron chi connectivity index (χ4n) is 4.70. The molecule has 2 fully saturated rings. The Morgan fingerprint density at radius 2 is 1.40 bits per heavy atom. The van der Waals surface area contributed by atoms with Crippen LogP contribution in [0.4, 0.5) is 0 Å². The van der Waals surface area contributed by atoms with Crippen molar-refractivity contribution in [1.29, 1.82) is 0 Å². The lowest BCUT2D eigenvalue weighted by atomic mass is 9.81. The van der Waals surface area contributed by atoms with E-state index in [1.54, 1.807) is 6.92 Å². The molecule has 0 bridgehead atoms. The van der Waals surface area contributed by atoms with Crippen LogP contribution in [0.15, 0.2) is 54.6 Å². The van der Waals surface area contributed by atoms with E-state index in [2.05, 4.69) is 17.4 Å². The third kappa shape index (κ3) is 3.76. The van der Waals surface area contributed by atoms with E-state index in [-0.39, 0.29) is 35.6 Å². The Labute approximate surface area is 177 Å². The van der Waals surface area contributed by atoms with Crippen molar-refractivity contribution in [3.05, 3.63) is 60.2 Å². The van der Waals surface area contributed by atoms with Crippen LogP contribution in [0.2, 0.25) is 0 Å². The number of amides is 3. The maximum atomic E-state index is 12.8. The molecule has 2 aliphatic rings. The van der Waals surface area contributed by atoms with Gasteiger partial charge < -0.3 is 5.32 Å². The first-order valence-corrected chi connectivity index (χ1v) is 10.8. The van der Waals surface area contributed by atoms with Crippen molar-refractivity contribution in [2.75, 3.05) is 0 Å². The summed E-state index contributed by atoms with van der Waals surface area (Å²) in [6.45, 7) is 3.56. The van der Waals surface area contributed by atoms with E-state index in [9.17, 15) is 14.4 Å². The van der Waals surface area contributed by atoms with Crippen molar-refractivity contribution < 1.29 is 14.4 Å². The molecule has 4 rings (SSSR count). The molecule has 3 amide bonds. The Kier molecular flexibility index (Phi) is 5.71. The van der Waals surface area contributed by atoms with E-state index in [4.69, 9.17) is 0 Å². The number of nitrogens with one attached hydrogen (secondary N) is 1. The topological polar surface area (TPSA) is 66.5 Å². The van der Waals surface area contributed by atoms with Crippen molar-refractivity contribution in [3.8, 4) is 11.1 Å². The molecule has 5 nitrogen and oxygen atoms in total. The maximum absolute atomic E-state index is 12.8. The lowest BCUT2D eigenvalue weighted by Gasteiger charge is -2.24. The Morgan fingerprint density at radius 3 is 1.97 bits per heavy atom. The van der Waals surface area contributed by atoms with Gasteiger partial charge in [0.15, 0.2) is 0 Å². The van der Waals surface area contributed by atoms with Gasteiger partial charge in [0.1, 0.15) is 6.04 Å². The minimum absolute atomic E-state index is 0.174. The minimum Gasteiger partial charge on any atom is -0.348 e. The number of hydrogen-bond donors (Lipinski definition) is 1. The first-order valence-electron chi connectivity index (χ1n) is 10.8. The number of likely N-dealkylation sites (tertiary alicyclic amines) is 1. The molecule has 1 saturated heterocycles. The lowest BCUT2D eigenvalue weighted by molar-refractivity contribution is -0.147. The summed E-state index contributed by atoms with van der Waals surface area (Å²) in [5, 5.41) is 2.97. The molecular weight excluding hydrogens is 376 g/mol. The van der Waals surface area contributed by atoms with E-state index >= 15 is 0 Å². The molecule has 0 radical (unpaired) electrons. The summed E-state index contributed by atoms with van der Waals surface area (Å²) in [6.07, 6.45) is 3.46. The van der Waals surface area contributed by atoms with Crippen LogP contribution >= 0.6 is 0 Å². The summed E-state index contributed by atoms with van der Waals surface area (Å²) in [4.78, 5) is 39.5. The largest absolute Gasteiger partial charge is 0.348 e. The van der Waals surface area contributed by atoms with Crippen molar-refractivity contribution in [1.82, 2.24) is 10.2 Å². The van der Waals surface area contributed by atoms with Gasteiger partial charge in [-0.05, 0) is 43.4 Å². The molecule has 4 unspecified atom stereocenters. The van der Waals surface area contributed by atoms with Gasteiger partial charge in [-0.1, -0.05) is 67.4 Å². The van der Waals surface area contributed by atoms with Crippen LogP contribution in [-0.2, 0) is 14.4 Å². The molecule has 30 heavy (non-hydrogen) atoms. The molecule has 5 heteroatoms. The average Bonchev–Trinajstić information content (AvgIpc) is 3.04. The number of imide groups is 1.